The zero-order valence-corrected chi connectivity index (χ0v) is 18.3. The largest absolute Gasteiger partial charge is 0.455 e. The number of rotatable bonds is 7. The highest BCUT2D eigenvalue weighted by Crippen LogP contribution is 2.35. The van der Waals surface area contributed by atoms with Gasteiger partial charge in [0.2, 0.25) is 5.90 Å². The minimum absolute atomic E-state index is 0.0494. The van der Waals surface area contributed by atoms with Gasteiger partial charge in [0.25, 0.3) is 0 Å². The predicted octanol–water partition coefficient (Wildman–Crippen LogP) is 5.41. The van der Waals surface area contributed by atoms with Crippen molar-refractivity contribution in [2.45, 2.75) is 35.8 Å². The monoisotopic (exact) mass is 475 g/mol. The Morgan fingerprint density at radius 3 is 2.93 bits per heavy atom. The molecule has 6 nitrogen and oxygen atoms in total. The number of hydrogen-bond donors (Lipinski definition) is 2. The lowest BCUT2D eigenvalue weighted by molar-refractivity contribution is 0.203. The molecule has 4 rings (SSSR count). The first-order chi connectivity index (χ1) is 13.7. The molecule has 1 atom stereocenters. The molecule has 1 aromatic carbocycles. The fourth-order valence-electron chi connectivity index (χ4n) is 2.56. The highest BCUT2D eigenvalue weighted by molar-refractivity contribution is 9.10. The van der Waals surface area contributed by atoms with Crippen LogP contribution in [0.5, 0.6) is 0 Å². The molecule has 144 valence electrons. The maximum Gasteiger partial charge on any atom is 0.208 e. The Kier molecular flexibility index (Phi) is 6.13. The van der Waals surface area contributed by atoms with E-state index >= 15 is 0 Å². The Bertz CT molecular complexity index is 979. The first-order valence-electron chi connectivity index (χ1n) is 8.74. The number of thiazole rings is 1. The highest BCUT2D eigenvalue weighted by atomic mass is 79.9. The van der Waals surface area contributed by atoms with Crippen LogP contribution in [0.25, 0.3) is 0 Å². The van der Waals surface area contributed by atoms with Gasteiger partial charge in [0.05, 0.1) is 10.6 Å². The van der Waals surface area contributed by atoms with Gasteiger partial charge < -0.3 is 10.1 Å². The third-order valence-electron chi connectivity index (χ3n) is 3.85. The molecule has 0 fully saturated rings. The lowest BCUT2D eigenvalue weighted by atomic mass is 10.2. The summed E-state index contributed by atoms with van der Waals surface area (Å²) in [4.78, 5) is 11.4. The van der Waals surface area contributed by atoms with E-state index in [9.17, 15) is 0 Å². The number of nitrogens with zero attached hydrogens (tertiary/aromatic N) is 3. The van der Waals surface area contributed by atoms with Gasteiger partial charge in [-0.2, -0.15) is 0 Å². The van der Waals surface area contributed by atoms with E-state index in [2.05, 4.69) is 65.3 Å². The summed E-state index contributed by atoms with van der Waals surface area (Å²) in [5.74, 6) is 1.52. The van der Waals surface area contributed by atoms with Crippen molar-refractivity contribution in [3.63, 3.8) is 0 Å². The van der Waals surface area contributed by atoms with Gasteiger partial charge in [0.15, 0.2) is 11.4 Å². The van der Waals surface area contributed by atoms with Gasteiger partial charge in [-0.3, -0.25) is 5.43 Å². The zero-order valence-electron chi connectivity index (χ0n) is 15.1. The Morgan fingerprint density at radius 1 is 1.29 bits per heavy atom. The molecule has 0 saturated carbocycles. The number of nitrogens with one attached hydrogen (secondary N) is 2. The van der Waals surface area contributed by atoms with Crippen LogP contribution in [0, 0.1) is 0 Å². The number of hydrogen-bond acceptors (Lipinski definition) is 8. The normalized spacial score (nSPS) is 15.6. The van der Waals surface area contributed by atoms with Gasteiger partial charge >= 0.3 is 0 Å². The molecule has 9 heteroatoms. The summed E-state index contributed by atoms with van der Waals surface area (Å²) in [5, 5.41) is 10.4. The predicted molar refractivity (Wildman–Crippen MR) is 117 cm³/mol. The van der Waals surface area contributed by atoms with Crippen LogP contribution in [0.1, 0.15) is 19.0 Å². The highest BCUT2D eigenvalue weighted by Gasteiger charge is 2.15. The number of ether oxygens (including phenoxy) is 1. The van der Waals surface area contributed by atoms with E-state index in [0.717, 1.165) is 49.6 Å². The van der Waals surface area contributed by atoms with Crippen molar-refractivity contribution >= 4 is 55.9 Å². The minimum Gasteiger partial charge on any atom is -0.455 e. The van der Waals surface area contributed by atoms with Crippen LogP contribution < -0.4 is 10.7 Å². The van der Waals surface area contributed by atoms with Crippen molar-refractivity contribution < 1.29 is 4.74 Å². The molecule has 0 aliphatic carbocycles. The van der Waals surface area contributed by atoms with Crippen LogP contribution in [0.3, 0.4) is 0 Å². The van der Waals surface area contributed by atoms with E-state index in [0.29, 0.717) is 0 Å². The van der Waals surface area contributed by atoms with Crippen molar-refractivity contribution in [2.24, 2.45) is 5.10 Å². The van der Waals surface area contributed by atoms with Crippen LogP contribution in [0.4, 0.5) is 10.9 Å². The molecule has 28 heavy (non-hydrogen) atoms. The lowest BCUT2D eigenvalue weighted by Gasteiger charge is -2.09. The smallest absolute Gasteiger partial charge is 0.208 e. The van der Waals surface area contributed by atoms with Crippen molar-refractivity contribution in [2.75, 3.05) is 5.32 Å². The van der Waals surface area contributed by atoms with Crippen LogP contribution in [-0.4, -0.2) is 22.1 Å². The molecule has 0 spiro atoms. The van der Waals surface area contributed by atoms with E-state index in [4.69, 9.17) is 4.74 Å². The summed E-state index contributed by atoms with van der Waals surface area (Å²) in [6, 6.07) is 12.3. The Morgan fingerprint density at radius 2 is 2.14 bits per heavy atom. The molecule has 0 saturated heterocycles. The van der Waals surface area contributed by atoms with Gasteiger partial charge in [0, 0.05) is 27.4 Å². The third-order valence-corrected chi connectivity index (χ3v) is 6.13. The van der Waals surface area contributed by atoms with Gasteiger partial charge in [-0.15, -0.1) is 16.4 Å². The van der Waals surface area contributed by atoms with Gasteiger partial charge in [-0.25, -0.2) is 9.97 Å². The number of benzene rings is 1. The quantitative estimate of drug-likeness (QED) is 0.476. The summed E-state index contributed by atoms with van der Waals surface area (Å²) >= 11 is 6.74. The average Bonchev–Trinajstić information content (AvgIpc) is 3.32. The Labute approximate surface area is 180 Å². The number of aryl methyl sites for hydroxylation is 1. The maximum atomic E-state index is 5.55. The summed E-state index contributed by atoms with van der Waals surface area (Å²) in [6.45, 7) is 1.93. The van der Waals surface area contributed by atoms with Crippen molar-refractivity contribution in [3.8, 4) is 0 Å². The van der Waals surface area contributed by atoms with Crippen molar-refractivity contribution in [1.82, 2.24) is 15.4 Å². The molecule has 0 bridgehead atoms. The van der Waals surface area contributed by atoms with Crippen LogP contribution in [-0.2, 0) is 11.2 Å². The summed E-state index contributed by atoms with van der Waals surface area (Å²) in [6.07, 6.45) is 3.25. The molecule has 1 aliphatic heterocycles. The number of anilines is 2. The zero-order chi connectivity index (χ0) is 19.3. The molecule has 3 aromatic rings. The minimum atomic E-state index is -0.0494. The van der Waals surface area contributed by atoms with E-state index in [1.54, 1.807) is 29.3 Å². The van der Waals surface area contributed by atoms with Crippen LogP contribution >= 0.6 is 39.0 Å². The molecule has 2 aromatic heterocycles. The average molecular weight is 476 g/mol. The second-order valence-corrected chi connectivity index (χ2v) is 8.97. The third kappa shape index (κ3) is 5.03. The first kappa shape index (κ1) is 19.2. The van der Waals surface area contributed by atoms with Gasteiger partial charge in [-0.1, -0.05) is 30.0 Å². The van der Waals surface area contributed by atoms with E-state index in [1.807, 2.05) is 25.1 Å². The van der Waals surface area contributed by atoms with Crippen molar-refractivity contribution in [3.05, 3.63) is 58.1 Å². The molecule has 3 heterocycles. The standard InChI is InChI=1S/C19H18BrN5OS2/c1-12-24-25-17(26-12)8-7-14-11-27-19(22-14)23-18-16(9-13(20)10-21-18)28-15-5-3-2-4-6-15/h2-6,9-12,24H,7-8H2,1H3,(H,21,22,23). The SMILES string of the molecule is CC1NN=C(CCc2csc(Nc3ncc(Br)cc3Sc3ccccc3)n2)O1. The van der Waals surface area contributed by atoms with Gasteiger partial charge in [-0.05, 0) is 47.5 Å². The van der Waals surface area contributed by atoms with E-state index in [-0.39, 0.29) is 6.23 Å². The van der Waals surface area contributed by atoms with Gasteiger partial charge in [0.1, 0.15) is 5.82 Å². The molecule has 1 unspecified atom stereocenters. The molecule has 1 aliphatic rings. The van der Waals surface area contributed by atoms with Crippen LogP contribution in [0.15, 0.2) is 67.3 Å². The fourth-order valence-corrected chi connectivity index (χ4v) is 4.72. The summed E-state index contributed by atoms with van der Waals surface area (Å²) in [7, 11) is 0. The molecular formula is C19H18BrN5OS2. The fraction of sp³-hybridized carbons (Fsp3) is 0.211. The summed E-state index contributed by atoms with van der Waals surface area (Å²) in [5.41, 5.74) is 3.90. The second-order valence-electron chi connectivity index (χ2n) is 6.08. The second kappa shape index (κ2) is 8.93. The number of halogens is 1. The van der Waals surface area contributed by atoms with E-state index < -0.39 is 0 Å². The number of aromatic nitrogens is 2. The van der Waals surface area contributed by atoms with Crippen molar-refractivity contribution in [1.29, 1.82) is 0 Å². The Hall–Kier alpha value is -2.10. The molecule has 2 N–H and O–H groups in total. The lowest BCUT2D eigenvalue weighted by Crippen LogP contribution is -2.16. The Balaban J connectivity index is 1.43. The molecular weight excluding hydrogens is 458 g/mol. The van der Waals surface area contributed by atoms with E-state index in [1.165, 1.54) is 0 Å². The maximum absolute atomic E-state index is 5.55. The number of pyridine rings is 1. The van der Waals surface area contributed by atoms with Crippen LogP contribution in [0.2, 0.25) is 0 Å². The summed E-state index contributed by atoms with van der Waals surface area (Å²) < 4.78 is 6.49. The molecule has 0 amide bonds. The number of hydrazone groups is 1. The topological polar surface area (TPSA) is 71.4 Å². The first-order valence-corrected chi connectivity index (χ1v) is 11.2. The molecule has 0 radical (unpaired) electrons.